The summed E-state index contributed by atoms with van der Waals surface area (Å²) < 4.78 is 28.6. The summed E-state index contributed by atoms with van der Waals surface area (Å²) in [6.45, 7) is 8.81. The van der Waals surface area contributed by atoms with Crippen LogP contribution in [0.5, 0.6) is 11.6 Å². The van der Waals surface area contributed by atoms with E-state index in [2.05, 4.69) is 5.10 Å². The Morgan fingerprint density at radius 1 is 1.08 bits per heavy atom. The van der Waals surface area contributed by atoms with Crippen molar-refractivity contribution in [3.8, 4) is 11.6 Å². The molecule has 36 heavy (non-hydrogen) atoms. The fourth-order valence-corrected chi connectivity index (χ4v) is 3.91. The molecule has 0 aliphatic carbocycles. The van der Waals surface area contributed by atoms with Crippen LogP contribution in [-0.4, -0.2) is 81.8 Å². The van der Waals surface area contributed by atoms with Gasteiger partial charge in [-0.25, -0.2) is 4.79 Å². The van der Waals surface area contributed by atoms with Crippen molar-refractivity contribution in [1.29, 1.82) is 0 Å². The lowest BCUT2D eigenvalue weighted by Crippen LogP contribution is -2.60. The average Bonchev–Trinajstić information content (AvgIpc) is 3.13. The van der Waals surface area contributed by atoms with Gasteiger partial charge in [0.2, 0.25) is 12.2 Å². The Balaban J connectivity index is 1.81. The Morgan fingerprint density at radius 3 is 2.33 bits per heavy atom. The Bertz CT molecular complexity index is 1010. The minimum atomic E-state index is -1.60. The molecule has 1 aromatic carbocycles. The number of ether oxygens (including phenoxy) is 5. The largest absolute Gasteiger partial charge is 0.508 e. The molecule has 0 spiro atoms. The summed E-state index contributed by atoms with van der Waals surface area (Å²) in [5.74, 6) is 0.963. The zero-order chi connectivity index (χ0) is 26.6. The van der Waals surface area contributed by atoms with Gasteiger partial charge in [0.15, 0.2) is 0 Å². The Kier molecular flexibility index (Phi) is 9.18. The van der Waals surface area contributed by atoms with Crippen molar-refractivity contribution in [3.63, 3.8) is 0 Å². The van der Waals surface area contributed by atoms with Crippen molar-refractivity contribution in [3.05, 3.63) is 41.1 Å². The molecule has 1 aliphatic rings. The number of aliphatic hydroxyl groups is 3. The van der Waals surface area contributed by atoms with Gasteiger partial charge < -0.3 is 39.0 Å². The standard InChI is InChI=1S/C25H36N2O9/c1-13(2)27-15(5)18(11-16-7-9-17(32-6)10-8-16)23(26-27)36-24-22(30)21(29)20(28)19(35-24)12-33-25(31)34-14(3)4/h7-10,13-14,19-22,24,28-30H,11-12H2,1-6H3/t19-,20-,21+,22-,24+/m1/s1. The van der Waals surface area contributed by atoms with Gasteiger partial charge in [0, 0.05) is 23.7 Å². The second-order valence-corrected chi connectivity index (χ2v) is 9.29. The Labute approximate surface area is 210 Å². The molecule has 11 nitrogen and oxygen atoms in total. The molecule has 1 fully saturated rings. The highest BCUT2D eigenvalue weighted by Gasteiger charge is 2.46. The fourth-order valence-electron chi connectivity index (χ4n) is 3.91. The van der Waals surface area contributed by atoms with Gasteiger partial charge in [0.1, 0.15) is 36.8 Å². The highest BCUT2D eigenvalue weighted by molar-refractivity contribution is 5.60. The summed E-state index contributed by atoms with van der Waals surface area (Å²) in [6, 6.07) is 7.63. The molecule has 1 aromatic heterocycles. The number of aromatic nitrogens is 2. The van der Waals surface area contributed by atoms with Gasteiger partial charge in [-0.2, -0.15) is 0 Å². The first-order chi connectivity index (χ1) is 17.0. The average molecular weight is 509 g/mol. The minimum Gasteiger partial charge on any atom is -0.497 e. The molecule has 200 valence electrons. The van der Waals surface area contributed by atoms with Crippen LogP contribution in [0.4, 0.5) is 4.79 Å². The van der Waals surface area contributed by atoms with Crippen LogP contribution in [0.3, 0.4) is 0 Å². The number of hydrogen-bond donors (Lipinski definition) is 3. The smallest absolute Gasteiger partial charge is 0.497 e. The second kappa shape index (κ2) is 11.9. The summed E-state index contributed by atoms with van der Waals surface area (Å²) in [4.78, 5) is 11.7. The molecule has 0 amide bonds. The molecule has 3 rings (SSSR count). The lowest BCUT2D eigenvalue weighted by atomic mass is 9.99. The first kappa shape index (κ1) is 27.7. The van der Waals surface area contributed by atoms with E-state index in [1.165, 1.54) is 0 Å². The molecule has 1 aliphatic heterocycles. The van der Waals surface area contributed by atoms with Crippen molar-refractivity contribution in [2.24, 2.45) is 0 Å². The first-order valence-electron chi connectivity index (χ1n) is 11.9. The van der Waals surface area contributed by atoms with E-state index in [9.17, 15) is 20.1 Å². The number of methoxy groups -OCH3 is 1. The van der Waals surface area contributed by atoms with Crippen molar-refractivity contribution in [2.45, 2.75) is 83.9 Å². The van der Waals surface area contributed by atoms with Crippen molar-refractivity contribution < 1.29 is 43.8 Å². The number of nitrogens with zero attached hydrogens (tertiary/aromatic N) is 2. The molecule has 11 heteroatoms. The van der Waals surface area contributed by atoms with Crippen LogP contribution in [0.25, 0.3) is 0 Å². The van der Waals surface area contributed by atoms with Crippen LogP contribution < -0.4 is 9.47 Å². The van der Waals surface area contributed by atoms with Gasteiger partial charge in [0.05, 0.1) is 13.2 Å². The van der Waals surface area contributed by atoms with E-state index >= 15 is 0 Å². The molecular weight excluding hydrogens is 472 g/mol. The summed E-state index contributed by atoms with van der Waals surface area (Å²) in [7, 11) is 1.60. The molecule has 3 N–H and O–H groups in total. The highest BCUT2D eigenvalue weighted by atomic mass is 16.7. The molecule has 0 unspecified atom stereocenters. The maximum atomic E-state index is 11.7. The van der Waals surface area contributed by atoms with Gasteiger partial charge in [-0.1, -0.05) is 12.1 Å². The lowest BCUT2D eigenvalue weighted by molar-refractivity contribution is -0.278. The topological polar surface area (TPSA) is 142 Å². The number of hydrogen-bond acceptors (Lipinski definition) is 10. The molecule has 2 heterocycles. The highest BCUT2D eigenvalue weighted by Crippen LogP contribution is 2.31. The predicted octanol–water partition coefficient (Wildman–Crippen LogP) is 2.12. The Hall–Kier alpha value is -2.86. The number of carbonyl (C=O) groups is 1. The lowest BCUT2D eigenvalue weighted by Gasteiger charge is -2.39. The van der Waals surface area contributed by atoms with Gasteiger partial charge in [-0.05, 0) is 52.3 Å². The monoisotopic (exact) mass is 508 g/mol. The maximum Gasteiger partial charge on any atom is 0.508 e. The number of rotatable bonds is 9. The molecule has 0 radical (unpaired) electrons. The van der Waals surface area contributed by atoms with Crippen molar-refractivity contribution in [2.75, 3.05) is 13.7 Å². The number of benzene rings is 1. The van der Waals surface area contributed by atoms with E-state index < -0.39 is 43.5 Å². The van der Waals surface area contributed by atoms with E-state index in [1.807, 2.05) is 45.0 Å². The maximum absolute atomic E-state index is 11.7. The Morgan fingerprint density at radius 2 is 1.75 bits per heavy atom. The van der Waals surface area contributed by atoms with E-state index in [-0.39, 0.29) is 18.0 Å². The van der Waals surface area contributed by atoms with Crippen LogP contribution in [0.2, 0.25) is 0 Å². The molecule has 0 saturated carbocycles. The van der Waals surface area contributed by atoms with Gasteiger partial charge >= 0.3 is 6.16 Å². The quantitative estimate of drug-likeness (QED) is 0.431. The van der Waals surface area contributed by atoms with Gasteiger partial charge in [0.25, 0.3) is 0 Å². The number of carbonyl (C=O) groups excluding carboxylic acids is 1. The van der Waals surface area contributed by atoms with E-state index in [0.29, 0.717) is 6.42 Å². The van der Waals surface area contributed by atoms with Crippen LogP contribution in [0, 0.1) is 6.92 Å². The van der Waals surface area contributed by atoms with Gasteiger partial charge in [-0.15, -0.1) is 5.10 Å². The van der Waals surface area contributed by atoms with E-state index in [1.54, 1.807) is 25.6 Å². The summed E-state index contributed by atoms with van der Waals surface area (Å²) in [6.07, 6.45) is -8.06. The number of aliphatic hydroxyl groups excluding tert-OH is 3. The van der Waals surface area contributed by atoms with Crippen molar-refractivity contribution in [1.82, 2.24) is 9.78 Å². The third-order valence-corrected chi connectivity index (χ3v) is 5.86. The normalized spacial score (nSPS) is 24.1. The van der Waals surface area contributed by atoms with Crippen LogP contribution in [0.15, 0.2) is 24.3 Å². The predicted molar refractivity (Wildman–Crippen MR) is 128 cm³/mol. The second-order valence-electron chi connectivity index (χ2n) is 9.29. The SMILES string of the molecule is COc1ccc(Cc2c(O[C@@H]3O[C@H](COC(=O)OC(C)C)[C@@H](O)[C@H](O)[C@H]3O)nn(C(C)C)c2C)cc1. The third kappa shape index (κ3) is 6.47. The molecular formula is C25H36N2O9. The minimum absolute atomic E-state index is 0.0368. The van der Waals surface area contributed by atoms with Gasteiger partial charge in [-0.3, -0.25) is 4.68 Å². The summed E-state index contributed by atoms with van der Waals surface area (Å²) in [5, 5.41) is 35.9. The van der Waals surface area contributed by atoms with E-state index in [0.717, 1.165) is 22.6 Å². The van der Waals surface area contributed by atoms with Crippen LogP contribution in [0.1, 0.15) is 50.6 Å². The molecule has 0 bridgehead atoms. The zero-order valence-corrected chi connectivity index (χ0v) is 21.5. The van der Waals surface area contributed by atoms with Crippen LogP contribution >= 0.6 is 0 Å². The zero-order valence-electron chi connectivity index (χ0n) is 21.5. The molecule has 5 atom stereocenters. The van der Waals surface area contributed by atoms with Crippen LogP contribution in [-0.2, 0) is 20.6 Å². The fraction of sp³-hybridized carbons (Fsp3) is 0.600. The molecule has 2 aromatic rings. The third-order valence-electron chi connectivity index (χ3n) is 5.86. The summed E-state index contributed by atoms with van der Waals surface area (Å²) in [5.41, 5.74) is 2.64. The summed E-state index contributed by atoms with van der Waals surface area (Å²) >= 11 is 0. The first-order valence-corrected chi connectivity index (χ1v) is 11.9. The van der Waals surface area contributed by atoms with E-state index in [4.69, 9.17) is 23.7 Å². The van der Waals surface area contributed by atoms with Crippen molar-refractivity contribution >= 4 is 6.16 Å². The molecule has 1 saturated heterocycles.